The average molecular weight is 528 g/mol. The number of carbonyl (C=O) groups excluding carboxylic acids is 2. The van der Waals surface area contributed by atoms with Crippen LogP contribution < -0.4 is 10.2 Å². The Morgan fingerprint density at radius 2 is 1.47 bits per heavy atom. The molecule has 1 rings (SSSR count). The van der Waals surface area contributed by atoms with Crippen molar-refractivity contribution in [2.75, 3.05) is 11.4 Å². The van der Waals surface area contributed by atoms with E-state index in [9.17, 15) is 45.8 Å². The lowest BCUT2D eigenvalue weighted by Crippen LogP contribution is -2.54. The Bertz CT molecular complexity index is 886. The van der Waals surface area contributed by atoms with Crippen LogP contribution in [-0.4, -0.2) is 52.9 Å². The van der Waals surface area contributed by atoms with Gasteiger partial charge in [-0.15, -0.1) is 0 Å². The molecule has 0 aliphatic rings. The normalized spacial score (nSPS) is 13.4. The molecular formula is C23H30F6N2O5. The van der Waals surface area contributed by atoms with Crippen LogP contribution in [0, 0.1) is 5.92 Å². The molecule has 204 valence electrons. The molecule has 1 aromatic rings. The van der Waals surface area contributed by atoms with Crippen molar-refractivity contribution in [2.24, 2.45) is 5.92 Å². The molecule has 0 fully saturated rings. The Balaban J connectivity index is 3.22. The van der Waals surface area contributed by atoms with Crippen molar-refractivity contribution in [3.05, 3.63) is 29.8 Å². The van der Waals surface area contributed by atoms with Crippen LogP contribution in [0.25, 0.3) is 0 Å². The highest BCUT2D eigenvalue weighted by Gasteiger charge is 2.71. The number of carbonyl (C=O) groups is 3. The van der Waals surface area contributed by atoms with Gasteiger partial charge < -0.3 is 15.5 Å². The molecule has 0 aliphatic carbocycles. The van der Waals surface area contributed by atoms with Gasteiger partial charge in [-0.05, 0) is 31.4 Å². The van der Waals surface area contributed by atoms with Crippen molar-refractivity contribution in [3.8, 4) is 0 Å². The number of carboxylic acids is 1. The molecule has 1 aromatic carbocycles. The number of anilines is 1. The number of amides is 2. The summed E-state index contributed by atoms with van der Waals surface area (Å²) in [6, 6.07) is 1.36. The maximum absolute atomic E-state index is 13.2. The second-order valence-electron chi connectivity index (χ2n) is 8.54. The number of unbranched alkanes of at least 4 members (excludes halogenated alkanes) is 2. The molecule has 7 nitrogen and oxygen atoms in total. The summed E-state index contributed by atoms with van der Waals surface area (Å²) in [5.74, 6) is -2.78. The third-order valence-electron chi connectivity index (χ3n) is 5.48. The average Bonchev–Trinajstić information content (AvgIpc) is 2.76. The highest BCUT2D eigenvalue weighted by Crippen LogP contribution is 2.50. The summed E-state index contributed by atoms with van der Waals surface area (Å²) in [6.07, 6.45) is -10.6. The van der Waals surface area contributed by atoms with Gasteiger partial charge in [0.1, 0.15) is 6.04 Å². The molecule has 0 saturated carbocycles. The van der Waals surface area contributed by atoms with Crippen LogP contribution in [-0.2, 0) is 20.0 Å². The van der Waals surface area contributed by atoms with E-state index in [1.807, 2.05) is 0 Å². The van der Waals surface area contributed by atoms with Crippen LogP contribution in [0.5, 0.6) is 0 Å². The first-order chi connectivity index (χ1) is 16.5. The van der Waals surface area contributed by atoms with E-state index in [0.29, 0.717) is 31.4 Å². The van der Waals surface area contributed by atoms with Gasteiger partial charge >= 0.3 is 18.3 Å². The van der Waals surface area contributed by atoms with Crippen molar-refractivity contribution in [2.45, 2.75) is 76.9 Å². The van der Waals surface area contributed by atoms with E-state index in [1.54, 1.807) is 6.92 Å². The van der Waals surface area contributed by atoms with Crippen LogP contribution >= 0.6 is 0 Å². The van der Waals surface area contributed by atoms with E-state index in [2.05, 4.69) is 5.32 Å². The Hall–Kier alpha value is -2.83. The summed E-state index contributed by atoms with van der Waals surface area (Å²) in [5, 5.41) is 20.8. The molecule has 0 aliphatic heterocycles. The molecule has 0 saturated heterocycles. The van der Waals surface area contributed by atoms with Crippen LogP contribution in [0.15, 0.2) is 24.3 Å². The SMILES string of the molecule is CCC(C(=O)NCCCCCC(=O)O)N(C(=O)C(C)C)c1ccc(C(O)(C(F)(F)F)C(F)(F)F)cc1. The first-order valence-electron chi connectivity index (χ1n) is 11.3. The lowest BCUT2D eigenvalue weighted by atomic mass is 9.92. The third kappa shape index (κ3) is 7.34. The highest BCUT2D eigenvalue weighted by molar-refractivity contribution is 6.01. The molecule has 13 heteroatoms. The molecule has 0 heterocycles. The fourth-order valence-electron chi connectivity index (χ4n) is 3.48. The molecule has 1 unspecified atom stereocenters. The number of nitrogens with zero attached hydrogens (tertiary/aromatic N) is 1. The summed E-state index contributed by atoms with van der Waals surface area (Å²) in [4.78, 5) is 37.3. The standard InChI is InChI=1S/C23H30F6N2O5/c1-4-17(19(34)30-13-7-5-6-8-18(32)33)31(20(35)14(2)3)16-11-9-15(10-12-16)21(36,22(24,25)26)23(27,28)29/h9-12,14,17,36H,4-8,13H2,1-3H3,(H,30,34)(H,32,33). The topological polar surface area (TPSA) is 107 Å². The first-order valence-corrected chi connectivity index (χ1v) is 11.3. The Morgan fingerprint density at radius 1 is 0.944 bits per heavy atom. The highest BCUT2D eigenvalue weighted by atomic mass is 19.4. The van der Waals surface area contributed by atoms with Gasteiger partial charge in [-0.1, -0.05) is 39.3 Å². The molecule has 1 atom stereocenters. The number of alkyl halides is 6. The van der Waals surface area contributed by atoms with Gasteiger partial charge in [0.15, 0.2) is 0 Å². The number of benzene rings is 1. The van der Waals surface area contributed by atoms with E-state index in [1.165, 1.54) is 13.8 Å². The van der Waals surface area contributed by atoms with Gasteiger partial charge in [0.2, 0.25) is 11.8 Å². The Labute approximate surface area is 204 Å². The summed E-state index contributed by atoms with van der Waals surface area (Å²) in [5.41, 5.74) is -6.72. The molecule has 0 spiro atoms. The quantitative estimate of drug-likeness (QED) is 0.273. The van der Waals surface area contributed by atoms with E-state index in [0.717, 1.165) is 17.0 Å². The number of aliphatic carboxylic acids is 1. The molecule has 36 heavy (non-hydrogen) atoms. The predicted octanol–water partition coefficient (Wildman–Crippen LogP) is 4.53. The zero-order valence-corrected chi connectivity index (χ0v) is 20.0. The summed E-state index contributed by atoms with van der Waals surface area (Å²) in [7, 11) is 0. The number of nitrogens with one attached hydrogen (secondary N) is 1. The fraction of sp³-hybridized carbons (Fsp3) is 0.609. The number of rotatable bonds is 12. The van der Waals surface area contributed by atoms with Crippen LogP contribution in [0.1, 0.15) is 58.4 Å². The first kappa shape index (κ1) is 31.2. The summed E-state index contributed by atoms with van der Waals surface area (Å²) < 4.78 is 79.1. The van der Waals surface area contributed by atoms with Gasteiger partial charge in [0.05, 0.1) is 0 Å². The minimum Gasteiger partial charge on any atom is -0.481 e. The van der Waals surface area contributed by atoms with Gasteiger partial charge in [-0.3, -0.25) is 19.3 Å². The minimum atomic E-state index is -6.06. The molecule has 0 radical (unpaired) electrons. The minimum absolute atomic E-state index is 0.0179. The van der Waals surface area contributed by atoms with Gasteiger partial charge in [-0.25, -0.2) is 0 Å². The second kappa shape index (κ2) is 12.4. The fourth-order valence-corrected chi connectivity index (χ4v) is 3.48. The number of hydrogen-bond donors (Lipinski definition) is 3. The van der Waals surface area contributed by atoms with Crippen LogP contribution in [0.3, 0.4) is 0 Å². The number of carboxylic acid groups (broad SMARTS) is 1. The lowest BCUT2D eigenvalue weighted by molar-refractivity contribution is -0.376. The largest absolute Gasteiger partial charge is 0.481 e. The zero-order valence-electron chi connectivity index (χ0n) is 20.0. The van der Waals surface area contributed by atoms with Crippen molar-refractivity contribution in [3.63, 3.8) is 0 Å². The smallest absolute Gasteiger partial charge is 0.430 e. The van der Waals surface area contributed by atoms with Gasteiger partial charge in [0.25, 0.3) is 5.60 Å². The van der Waals surface area contributed by atoms with Crippen molar-refractivity contribution in [1.29, 1.82) is 0 Å². The predicted molar refractivity (Wildman–Crippen MR) is 118 cm³/mol. The maximum atomic E-state index is 13.2. The molecule has 0 bridgehead atoms. The Kier molecular flexibility index (Phi) is 10.8. The third-order valence-corrected chi connectivity index (χ3v) is 5.48. The van der Waals surface area contributed by atoms with E-state index >= 15 is 0 Å². The van der Waals surface area contributed by atoms with Crippen molar-refractivity contribution >= 4 is 23.5 Å². The van der Waals surface area contributed by atoms with Crippen LogP contribution in [0.4, 0.5) is 32.0 Å². The van der Waals surface area contributed by atoms with Gasteiger partial charge in [0, 0.05) is 30.1 Å². The number of hydrogen-bond acceptors (Lipinski definition) is 4. The van der Waals surface area contributed by atoms with E-state index in [4.69, 9.17) is 5.11 Å². The number of halogens is 6. The summed E-state index contributed by atoms with van der Waals surface area (Å²) in [6.45, 7) is 4.80. The Morgan fingerprint density at radius 3 is 1.89 bits per heavy atom. The van der Waals surface area contributed by atoms with E-state index < -0.39 is 53.3 Å². The van der Waals surface area contributed by atoms with Crippen molar-refractivity contribution < 1.29 is 50.9 Å². The second-order valence-corrected chi connectivity index (χ2v) is 8.54. The number of aliphatic hydroxyl groups is 1. The van der Waals surface area contributed by atoms with E-state index in [-0.39, 0.29) is 25.1 Å². The molecule has 3 N–H and O–H groups in total. The molecule has 0 aromatic heterocycles. The van der Waals surface area contributed by atoms with Gasteiger partial charge in [-0.2, -0.15) is 26.3 Å². The molecular weight excluding hydrogens is 498 g/mol. The maximum Gasteiger partial charge on any atom is 0.430 e. The van der Waals surface area contributed by atoms with Crippen molar-refractivity contribution in [1.82, 2.24) is 5.32 Å². The zero-order chi connectivity index (χ0) is 27.9. The van der Waals surface area contributed by atoms with Crippen LogP contribution in [0.2, 0.25) is 0 Å². The molecule has 2 amide bonds. The summed E-state index contributed by atoms with van der Waals surface area (Å²) >= 11 is 0. The lowest BCUT2D eigenvalue weighted by Gasteiger charge is -2.34. The monoisotopic (exact) mass is 528 g/mol.